The number of hydrogen-bond donors (Lipinski definition) is 8. The van der Waals surface area contributed by atoms with Gasteiger partial charge in [0, 0.05) is 90.3 Å². The Morgan fingerprint density at radius 2 is 1.18 bits per heavy atom. The molecule has 2 fully saturated rings. The molecule has 2 aromatic rings. The first-order valence-electron chi connectivity index (χ1n) is 19.8. The molecule has 23 heteroatoms. The Kier molecular flexibility index (Phi) is 20.0. The number of carboxylic acids is 5. The summed E-state index contributed by atoms with van der Waals surface area (Å²) in [6, 6.07) is 6.88. The Morgan fingerprint density at radius 3 is 1.78 bits per heavy atom. The number of carboxylic acid groups (broad SMARTS) is 5. The zero-order chi connectivity index (χ0) is 43.3. The number of hydrogen-bond acceptors (Lipinski definition) is 18. The van der Waals surface area contributed by atoms with Crippen molar-refractivity contribution >= 4 is 53.4 Å². The van der Waals surface area contributed by atoms with Crippen LogP contribution < -0.4 is 20.9 Å². The average Bonchev–Trinajstić information content (AvgIpc) is 3.19. The molecule has 0 saturated carbocycles. The van der Waals surface area contributed by atoms with Crippen molar-refractivity contribution < 1.29 is 59.0 Å². The van der Waals surface area contributed by atoms with Crippen LogP contribution in [0, 0.1) is 0 Å². The molecule has 332 valence electrons. The Labute approximate surface area is 347 Å². The van der Waals surface area contributed by atoms with Crippen molar-refractivity contribution in [2.24, 2.45) is 0 Å². The average molecular weight is 848 g/mol. The predicted octanol–water partition coefficient (Wildman–Crippen LogP) is -1.58. The van der Waals surface area contributed by atoms with Gasteiger partial charge in [-0.25, -0.2) is 0 Å². The van der Waals surface area contributed by atoms with E-state index in [-0.39, 0.29) is 91.6 Å². The van der Waals surface area contributed by atoms with E-state index >= 15 is 0 Å². The number of nitrogens with one attached hydrogen (secondary N) is 3. The van der Waals surface area contributed by atoms with Gasteiger partial charge < -0.3 is 55.9 Å². The molecule has 3 heterocycles. The predicted molar refractivity (Wildman–Crippen MR) is 216 cm³/mol. The van der Waals surface area contributed by atoms with Crippen molar-refractivity contribution in [1.29, 1.82) is 0 Å². The highest BCUT2D eigenvalue weighted by atomic mass is 16.5. The van der Waals surface area contributed by atoms with Gasteiger partial charge in [0.25, 0.3) is 0 Å². The number of nitrogens with zero attached hydrogens (tertiary/aromatic N) is 8. The summed E-state index contributed by atoms with van der Waals surface area (Å²) in [6.45, 7) is 4.36. The molecule has 1 atom stereocenters. The monoisotopic (exact) mass is 847 g/mol. The fraction of sp³-hybridized carbons (Fsp3) is 0.622. The zero-order valence-electron chi connectivity index (χ0n) is 33.6. The minimum Gasteiger partial charge on any atom is -0.481 e. The second-order valence-electron chi connectivity index (χ2n) is 14.3. The standard InChI is InChI=1S/C37H57N11O12/c49-30(50)5-17-59-19-20-60-18-8-39-35-41-36(43-37(42-35)47-9-6-38-7-10-47)40-28-3-1-27(2-4-28)21-29-22-46(25-33(55)56)14-13-44(23-31(51)52)11-12-45(24-32(53)54)15-16-48(29)26-34(57)58/h1-4,29,38H,5-26H2,(H,49,50)(H,51,52)(H,53,54)(H,55,56)(H,57,58)(H2,39,40,41,42,43). The van der Waals surface area contributed by atoms with Crippen molar-refractivity contribution in [2.45, 2.75) is 18.9 Å². The molecule has 1 unspecified atom stereocenters. The lowest BCUT2D eigenvalue weighted by Crippen LogP contribution is -2.53. The van der Waals surface area contributed by atoms with Crippen molar-refractivity contribution in [3.63, 3.8) is 0 Å². The lowest BCUT2D eigenvalue weighted by atomic mass is 10.0. The topological polar surface area (TPSA) is 296 Å². The number of ether oxygens (including phenoxy) is 2. The van der Waals surface area contributed by atoms with Crippen molar-refractivity contribution in [2.75, 3.05) is 147 Å². The maximum atomic E-state index is 12.1. The van der Waals surface area contributed by atoms with Gasteiger partial charge >= 0.3 is 29.8 Å². The van der Waals surface area contributed by atoms with E-state index < -0.39 is 35.9 Å². The van der Waals surface area contributed by atoms with E-state index in [1.807, 2.05) is 29.2 Å². The molecule has 8 N–H and O–H groups in total. The molecule has 4 rings (SSSR count). The van der Waals surface area contributed by atoms with Gasteiger partial charge in [-0.3, -0.25) is 43.6 Å². The Hall–Kier alpha value is -5.30. The Bertz CT molecular complexity index is 1690. The highest BCUT2D eigenvalue weighted by Crippen LogP contribution is 2.21. The summed E-state index contributed by atoms with van der Waals surface area (Å²) in [5.41, 5.74) is 1.48. The second kappa shape index (κ2) is 25.4. The summed E-state index contributed by atoms with van der Waals surface area (Å²) in [7, 11) is 0. The molecule has 0 spiro atoms. The van der Waals surface area contributed by atoms with Crippen LogP contribution in [-0.4, -0.2) is 227 Å². The lowest BCUT2D eigenvalue weighted by Gasteiger charge is -2.37. The molecule has 23 nitrogen and oxygen atoms in total. The van der Waals surface area contributed by atoms with E-state index in [0.717, 1.165) is 18.7 Å². The first-order chi connectivity index (χ1) is 28.8. The molecule has 2 saturated heterocycles. The van der Waals surface area contributed by atoms with Gasteiger partial charge in [0.05, 0.1) is 59.0 Å². The third kappa shape index (κ3) is 18.3. The third-order valence-corrected chi connectivity index (χ3v) is 9.64. The Morgan fingerprint density at radius 1 is 0.633 bits per heavy atom. The number of anilines is 4. The quantitative estimate of drug-likeness (QED) is 0.0585. The van der Waals surface area contributed by atoms with Crippen LogP contribution in [0.25, 0.3) is 0 Å². The van der Waals surface area contributed by atoms with Crippen LogP contribution in [0.4, 0.5) is 23.5 Å². The van der Waals surface area contributed by atoms with E-state index in [1.165, 1.54) is 0 Å². The fourth-order valence-corrected chi connectivity index (χ4v) is 6.70. The van der Waals surface area contributed by atoms with Crippen LogP contribution in [0.2, 0.25) is 0 Å². The van der Waals surface area contributed by atoms with Gasteiger partial charge in [0.2, 0.25) is 17.8 Å². The lowest BCUT2D eigenvalue weighted by molar-refractivity contribution is -0.142. The molecule has 2 aliphatic rings. The van der Waals surface area contributed by atoms with Crippen molar-refractivity contribution in [3.05, 3.63) is 29.8 Å². The number of aliphatic carboxylic acids is 5. The van der Waals surface area contributed by atoms with Crippen LogP contribution in [0.3, 0.4) is 0 Å². The molecule has 0 radical (unpaired) electrons. The minimum atomic E-state index is -1.09. The number of benzene rings is 1. The highest BCUT2D eigenvalue weighted by molar-refractivity contribution is 5.70. The zero-order valence-corrected chi connectivity index (χ0v) is 33.6. The van der Waals surface area contributed by atoms with E-state index in [0.29, 0.717) is 62.8 Å². The van der Waals surface area contributed by atoms with E-state index in [4.69, 9.17) is 14.6 Å². The Balaban J connectivity index is 1.50. The summed E-state index contributed by atoms with van der Waals surface area (Å²) in [6.07, 6.45) is 0.252. The second-order valence-corrected chi connectivity index (χ2v) is 14.3. The first kappa shape index (κ1) is 47.4. The number of piperazine rings is 1. The molecule has 1 aromatic heterocycles. The maximum Gasteiger partial charge on any atom is 0.317 e. The van der Waals surface area contributed by atoms with Gasteiger partial charge in [-0.2, -0.15) is 15.0 Å². The van der Waals surface area contributed by atoms with Crippen LogP contribution in [0.15, 0.2) is 24.3 Å². The summed E-state index contributed by atoms with van der Waals surface area (Å²) < 4.78 is 10.8. The molecule has 2 aliphatic heterocycles. The number of carbonyl (C=O) groups is 5. The normalized spacial score (nSPS) is 17.9. The molecule has 0 aliphatic carbocycles. The fourth-order valence-electron chi connectivity index (χ4n) is 6.70. The SMILES string of the molecule is O=C(O)CCOCCOCCNc1nc(Nc2ccc(CC3CN(CC(=O)O)CCN(CC(=O)O)CCN(CC(=O)O)CCN3CC(=O)O)cc2)nc(N2CCNCC2)n1. The highest BCUT2D eigenvalue weighted by Gasteiger charge is 2.28. The van der Waals surface area contributed by atoms with Gasteiger partial charge in [-0.1, -0.05) is 12.1 Å². The molecule has 0 amide bonds. The maximum absolute atomic E-state index is 12.1. The molecule has 60 heavy (non-hydrogen) atoms. The summed E-state index contributed by atoms with van der Waals surface area (Å²) in [4.78, 5) is 80.6. The van der Waals surface area contributed by atoms with Crippen molar-refractivity contribution in [3.8, 4) is 0 Å². The molecule has 0 bridgehead atoms. The van der Waals surface area contributed by atoms with Gasteiger partial charge in [0.1, 0.15) is 0 Å². The molecular weight excluding hydrogens is 790 g/mol. The van der Waals surface area contributed by atoms with E-state index in [2.05, 4.69) is 30.9 Å². The van der Waals surface area contributed by atoms with Crippen LogP contribution in [0.1, 0.15) is 12.0 Å². The van der Waals surface area contributed by atoms with Crippen LogP contribution in [-0.2, 0) is 39.9 Å². The van der Waals surface area contributed by atoms with Gasteiger partial charge in [-0.05, 0) is 24.1 Å². The van der Waals surface area contributed by atoms with Crippen molar-refractivity contribution in [1.82, 2.24) is 39.9 Å². The summed E-state index contributed by atoms with van der Waals surface area (Å²) in [5, 5.41) is 57.2. The van der Waals surface area contributed by atoms with Crippen LogP contribution in [0.5, 0.6) is 0 Å². The smallest absolute Gasteiger partial charge is 0.317 e. The van der Waals surface area contributed by atoms with E-state index in [1.54, 1.807) is 19.6 Å². The molecular formula is C37H57N11O12. The minimum absolute atomic E-state index is 0.0728. The third-order valence-electron chi connectivity index (χ3n) is 9.64. The largest absolute Gasteiger partial charge is 0.481 e. The summed E-state index contributed by atoms with van der Waals surface area (Å²) >= 11 is 0. The number of aromatic nitrogens is 3. The van der Waals surface area contributed by atoms with Gasteiger partial charge in [-0.15, -0.1) is 0 Å². The first-order valence-corrected chi connectivity index (χ1v) is 19.8. The van der Waals surface area contributed by atoms with Crippen LogP contribution >= 0.6 is 0 Å². The summed E-state index contributed by atoms with van der Waals surface area (Å²) in [5.74, 6) is -4.12. The molecule has 1 aromatic carbocycles. The van der Waals surface area contributed by atoms with E-state index in [9.17, 15) is 44.4 Å². The number of rotatable bonds is 23. The van der Waals surface area contributed by atoms with Gasteiger partial charge in [0.15, 0.2) is 0 Å².